The van der Waals surface area contributed by atoms with Crippen LogP contribution in [-0.2, 0) is 11.3 Å². The van der Waals surface area contributed by atoms with Gasteiger partial charge < -0.3 is 14.6 Å². The molecule has 1 unspecified atom stereocenters. The lowest BCUT2D eigenvalue weighted by Gasteiger charge is -2.30. The van der Waals surface area contributed by atoms with Gasteiger partial charge in [0.1, 0.15) is 11.6 Å². The Balaban J connectivity index is 1.33. The maximum atomic E-state index is 13.5. The van der Waals surface area contributed by atoms with Gasteiger partial charge in [0.05, 0.1) is 19.6 Å². The minimum Gasteiger partial charge on any atom is -0.496 e. The highest BCUT2D eigenvalue weighted by molar-refractivity contribution is 5.78. The van der Waals surface area contributed by atoms with Gasteiger partial charge in [-0.15, -0.1) is 0 Å². The highest BCUT2D eigenvalue weighted by atomic mass is 19.1. The Labute approximate surface area is 180 Å². The number of carbonyl (C=O) groups excluding carboxylic acids is 1. The lowest BCUT2D eigenvalue weighted by Crippen LogP contribution is -2.41. The van der Waals surface area contributed by atoms with Crippen LogP contribution in [0.4, 0.5) is 4.39 Å². The van der Waals surface area contributed by atoms with Gasteiger partial charge in [-0.2, -0.15) is 4.98 Å². The van der Waals surface area contributed by atoms with E-state index in [1.807, 2.05) is 24.3 Å². The topological polar surface area (TPSA) is 80.5 Å². The van der Waals surface area contributed by atoms with Crippen molar-refractivity contribution in [1.82, 2.24) is 20.4 Å². The molecule has 31 heavy (non-hydrogen) atoms. The number of halogens is 1. The quantitative estimate of drug-likeness (QED) is 0.626. The lowest BCUT2D eigenvalue weighted by atomic mass is 9.98. The Hall–Kier alpha value is -3.26. The van der Waals surface area contributed by atoms with Crippen LogP contribution in [0, 0.1) is 5.82 Å². The number of para-hydroxylation sites is 1. The number of benzene rings is 2. The second kappa shape index (κ2) is 9.70. The van der Waals surface area contributed by atoms with E-state index in [9.17, 15) is 9.18 Å². The van der Waals surface area contributed by atoms with Crippen LogP contribution in [0.3, 0.4) is 0 Å². The van der Waals surface area contributed by atoms with Gasteiger partial charge in [-0.1, -0.05) is 35.5 Å². The van der Waals surface area contributed by atoms with E-state index in [4.69, 9.17) is 9.26 Å². The Kier molecular flexibility index (Phi) is 6.57. The summed E-state index contributed by atoms with van der Waals surface area (Å²) in [6.07, 6.45) is 1.84. The number of aromatic nitrogens is 2. The molecule has 8 heteroatoms. The molecule has 2 heterocycles. The number of hydrogen-bond donors (Lipinski definition) is 1. The summed E-state index contributed by atoms with van der Waals surface area (Å²) in [5.41, 5.74) is 1.52. The predicted octanol–water partition coefficient (Wildman–Crippen LogP) is 3.38. The third-order valence-corrected chi connectivity index (χ3v) is 5.42. The highest BCUT2D eigenvalue weighted by Gasteiger charge is 2.27. The zero-order chi connectivity index (χ0) is 21.6. The first kappa shape index (κ1) is 21.0. The fourth-order valence-corrected chi connectivity index (χ4v) is 3.85. The van der Waals surface area contributed by atoms with Gasteiger partial charge >= 0.3 is 0 Å². The molecule has 0 spiro atoms. The summed E-state index contributed by atoms with van der Waals surface area (Å²) in [5, 5.41) is 6.96. The molecule has 3 aromatic rings. The average molecular weight is 424 g/mol. The molecule has 0 radical (unpaired) electrons. The van der Waals surface area contributed by atoms with E-state index in [-0.39, 0.29) is 17.6 Å². The molecular formula is C23H25FN4O3. The third-order valence-electron chi connectivity index (χ3n) is 5.42. The zero-order valence-electron chi connectivity index (χ0n) is 17.4. The summed E-state index contributed by atoms with van der Waals surface area (Å²) < 4.78 is 24.2. The third kappa shape index (κ3) is 5.27. The van der Waals surface area contributed by atoms with Crippen LogP contribution >= 0.6 is 0 Å². The molecule has 1 saturated heterocycles. The van der Waals surface area contributed by atoms with Gasteiger partial charge in [-0.05, 0) is 37.6 Å². The first-order valence-electron chi connectivity index (χ1n) is 10.3. The summed E-state index contributed by atoms with van der Waals surface area (Å²) in [6, 6.07) is 13.7. The van der Waals surface area contributed by atoms with Crippen LogP contribution < -0.4 is 10.1 Å². The van der Waals surface area contributed by atoms with Gasteiger partial charge in [-0.3, -0.25) is 9.69 Å². The maximum absolute atomic E-state index is 13.5. The molecule has 2 aromatic carbocycles. The summed E-state index contributed by atoms with van der Waals surface area (Å²) >= 11 is 0. The molecule has 1 aliphatic heterocycles. The molecule has 162 valence electrons. The second-order valence-electron chi connectivity index (χ2n) is 7.63. The molecule has 4 rings (SSSR count). The van der Waals surface area contributed by atoms with Crippen molar-refractivity contribution >= 4 is 5.91 Å². The number of hydrogen-bond acceptors (Lipinski definition) is 6. The smallest absolute Gasteiger partial charge is 0.234 e. The molecule has 1 aliphatic rings. The lowest BCUT2D eigenvalue weighted by molar-refractivity contribution is -0.122. The van der Waals surface area contributed by atoms with E-state index >= 15 is 0 Å². The Morgan fingerprint density at radius 3 is 3.00 bits per heavy atom. The first-order valence-corrected chi connectivity index (χ1v) is 10.3. The van der Waals surface area contributed by atoms with Gasteiger partial charge in [0.2, 0.25) is 17.6 Å². The predicted molar refractivity (Wildman–Crippen MR) is 113 cm³/mol. The Morgan fingerprint density at radius 2 is 2.16 bits per heavy atom. The number of methoxy groups -OCH3 is 1. The molecular weight excluding hydrogens is 399 g/mol. The molecule has 0 bridgehead atoms. The van der Waals surface area contributed by atoms with Crippen molar-refractivity contribution in [2.45, 2.75) is 25.3 Å². The number of amides is 1. The van der Waals surface area contributed by atoms with Gasteiger partial charge in [0, 0.05) is 24.2 Å². The standard InChI is InChI=1S/C23H25FN4O3/c1-30-20-10-3-2-6-17(20)13-25-21(29)15-28-11-5-8-18(14-28)23-26-22(27-31-23)16-7-4-9-19(24)12-16/h2-4,6-7,9-10,12,18H,5,8,11,13-15H2,1H3,(H,25,29). The van der Waals surface area contributed by atoms with E-state index in [0.29, 0.717) is 36.9 Å². The van der Waals surface area contributed by atoms with Crippen molar-refractivity contribution in [3.63, 3.8) is 0 Å². The number of nitrogens with one attached hydrogen (secondary N) is 1. The van der Waals surface area contributed by atoms with Gasteiger partial charge in [-0.25, -0.2) is 4.39 Å². The molecule has 1 N–H and O–H groups in total. The van der Waals surface area contributed by atoms with Crippen molar-refractivity contribution in [2.75, 3.05) is 26.7 Å². The van der Waals surface area contributed by atoms with Crippen molar-refractivity contribution in [3.05, 3.63) is 65.8 Å². The van der Waals surface area contributed by atoms with Crippen molar-refractivity contribution < 1.29 is 18.4 Å². The van der Waals surface area contributed by atoms with Gasteiger partial charge in [0.15, 0.2) is 0 Å². The molecule has 1 amide bonds. The summed E-state index contributed by atoms with van der Waals surface area (Å²) in [7, 11) is 1.62. The minimum atomic E-state index is -0.341. The van der Waals surface area contributed by atoms with Crippen LogP contribution in [0.1, 0.15) is 30.2 Å². The fourth-order valence-electron chi connectivity index (χ4n) is 3.85. The largest absolute Gasteiger partial charge is 0.496 e. The van der Waals surface area contributed by atoms with E-state index in [1.165, 1.54) is 12.1 Å². The number of nitrogens with zero attached hydrogens (tertiary/aromatic N) is 3. The first-order chi connectivity index (χ1) is 15.1. The number of carbonyl (C=O) groups is 1. The normalized spacial score (nSPS) is 16.8. The SMILES string of the molecule is COc1ccccc1CNC(=O)CN1CCCC(c2nc(-c3cccc(F)c3)no2)C1. The Morgan fingerprint density at radius 1 is 1.29 bits per heavy atom. The Bertz CT molecular complexity index is 1040. The van der Waals surface area contributed by atoms with Crippen molar-refractivity contribution in [2.24, 2.45) is 0 Å². The van der Waals surface area contributed by atoms with Crippen LogP contribution in [0.2, 0.25) is 0 Å². The maximum Gasteiger partial charge on any atom is 0.234 e. The van der Waals surface area contributed by atoms with Crippen LogP contribution in [-0.4, -0.2) is 47.7 Å². The highest BCUT2D eigenvalue weighted by Crippen LogP contribution is 2.27. The van der Waals surface area contributed by atoms with E-state index in [2.05, 4.69) is 20.4 Å². The number of likely N-dealkylation sites (tertiary alicyclic amines) is 1. The molecule has 0 saturated carbocycles. The van der Waals surface area contributed by atoms with Crippen LogP contribution in [0.5, 0.6) is 5.75 Å². The minimum absolute atomic E-state index is 0.0439. The molecule has 0 aliphatic carbocycles. The number of piperidine rings is 1. The monoisotopic (exact) mass is 424 g/mol. The van der Waals surface area contributed by atoms with E-state index in [0.717, 1.165) is 30.7 Å². The van der Waals surface area contributed by atoms with E-state index in [1.54, 1.807) is 19.2 Å². The molecule has 1 fully saturated rings. The molecule has 1 atom stereocenters. The van der Waals surface area contributed by atoms with E-state index < -0.39 is 0 Å². The zero-order valence-corrected chi connectivity index (χ0v) is 17.4. The van der Waals surface area contributed by atoms with Crippen LogP contribution in [0.25, 0.3) is 11.4 Å². The van der Waals surface area contributed by atoms with Crippen molar-refractivity contribution in [1.29, 1.82) is 0 Å². The van der Waals surface area contributed by atoms with Crippen LogP contribution in [0.15, 0.2) is 53.1 Å². The average Bonchev–Trinajstić information content (AvgIpc) is 3.28. The number of ether oxygens (including phenoxy) is 1. The van der Waals surface area contributed by atoms with Crippen molar-refractivity contribution in [3.8, 4) is 17.1 Å². The summed E-state index contributed by atoms with van der Waals surface area (Å²) in [4.78, 5) is 19.0. The molecule has 7 nitrogen and oxygen atoms in total. The second-order valence-corrected chi connectivity index (χ2v) is 7.63. The molecule has 1 aromatic heterocycles. The summed E-state index contributed by atoms with van der Waals surface area (Å²) in [6.45, 7) is 2.22. The number of rotatable bonds is 7. The fraction of sp³-hybridized carbons (Fsp3) is 0.348. The summed E-state index contributed by atoms with van der Waals surface area (Å²) in [5.74, 6) is 1.32. The van der Waals surface area contributed by atoms with Gasteiger partial charge in [0.25, 0.3) is 0 Å².